The molecule has 1 amide bonds. The van der Waals surface area contributed by atoms with Crippen molar-refractivity contribution in [2.24, 2.45) is 0 Å². The van der Waals surface area contributed by atoms with E-state index in [9.17, 15) is 4.79 Å². The molecule has 22 heavy (non-hydrogen) atoms. The van der Waals surface area contributed by atoms with E-state index in [2.05, 4.69) is 24.1 Å². The number of anilines is 1. The molecule has 0 aliphatic carbocycles. The number of aromatic nitrogens is 2. The number of amides is 1. The van der Waals surface area contributed by atoms with Gasteiger partial charge in [-0.2, -0.15) is 0 Å². The third-order valence-electron chi connectivity index (χ3n) is 3.67. The van der Waals surface area contributed by atoms with Gasteiger partial charge in [0.05, 0.1) is 11.3 Å². The summed E-state index contributed by atoms with van der Waals surface area (Å²) in [6.45, 7) is 6.23. The highest BCUT2D eigenvalue weighted by Crippen LogP contribution is 2.18. The van der Waals surface area contributed by atoms with Crippen molar-refractivity contribution in [3.05, 3.63) is 65.6 Å². The molecular weight excluding hydrogens is 274 g/mol. The Morgan fingerprint density at radius 3 is 2.50 bits per heavy atom. The van der Waals surface area contributed by atoms with Gasteiger partial charge in [-0.05, 0) is 42.7 Å². The molecule has 2 heterocycles. The fourth-order valence-corrected chi connectivity index (χ4v) is 2.41. The number of carbonyl (C=O) groups is 1. The van der Waals surface area contributed by atoms with Crippen molar-refractivity contribution in [3.8, 4) is 0 Å². The molecule has 1 N–H and O–H groups in total. The molecule has 3 aromatic rings. The normalized spacial score (nSPS) is 11.1. The molecule has 0 atom stereocenters. The van der Waals surface area contributed by atoms with Gasteiger partial charge in [0.15, 0.2) is 0 Å². The lowest BCUT2D eigenvalue weighted by Gasteiger charge is -2.08. The number of benzene rings is 1. The van der Waals surface area contributed by atoms with Crippen molar-refractivity contribution in [2.75, 3.05) is 5.32 Å². The first-order chi connectivity index (χ1) is 10.5. The van der Waals surface area contributed by atoms with Crippen LogP contribution in [0.1, 0.15) is 41.4 Å². The first kappa shape index (κ1) is 14.3. The zero-order chi connectivity index (χ0) is 15.7. The summed E-state index contributed by atoms with van der Waals surface area (Å²) in [4.78, 5) is 16.7. The molecule has 0 unspecified atom stereocenters. The molecule has 0 radical (unpaired) electrons. The van der Waals surface area contributed by atoms with Gasteiger partial charge in [0.1, 0.15) is 5.65 Å². The van der Waals surface area contributed by atoms with E-state index in [-0.39, 0.29) is 5.91 Å². The van der Waals surface area contributed by atoms with E-state index in [0.717, 1.165) is 17.0 Å². The average Bonchev–Trinajstić information content (AvgIpc) is 2.86. The molecular formula is C18H19N3O. The number of hydrogen-bond donors (Lipinski definition) is 1. The zero-order valence-electron chi connectivity index (χ0n) is 13.0. The van der Waals surface area contributed by atoms with Gasteiger partial charge in [0, 0.05) is 18.1 Å². The molecule has 0 saturated carbocycles. The third kappa shape index (κ3) is 2.86. The van der Waals surface area contributed by atoms with Gasteiger partial charge in [0.2, 0.25) is 0 Å². The lowest BCUT2D eigenvalue weighted by atomic mass is 10.0. The minimum Gasteiger partial charge on any atom is -0.322 e. The van der Waals surface area contributed by atoms with Gasteiger partial charge in [-0.1, -0.05) is 26.0 Å². The summed E-state index contributed by atoms with van der Waals surface area (Å²) >= 11 is 0. The van der Waals surface area contributed by atoms with Crippen LogP contribution < -0.4 is 5.32 Å². The van der Waals surface area contributed by atoms with Crippen molar-refractivity contribution >= 4 is 17.2 Å². The van der Waals surface area contributed by atoms with E-state index in [1.165, 1.54) is 5.56 Å². The molecule has 0 saturated heterocycles. The van der Waals surface area contributed by atoms with Crippen LogP contribution in [0.5, 0.6) is 0 Å². The van der Waals surface area contributed by atoms with Crippen molar-refractivity contribution in [3.63, 3.8) is 0 Å². The quantitative estimate of drug-likeness (QED) is 0.793. The maximum atomic E-state index is 12.3. The van der Waals surface area contributed by atoms with Crippen molar-refractivity contribution in [1.82, 2.24) is 9.38 Å². The van der Waals surface area contributed by atoms with E-state index < -0.39 is 0 Å². The second kappa shape index (κ2) is 5.64. The Morgan fingerprint density at radius 2 is 1.82 bits per heavy atom. The number of hydrogen-bond acceptors (Lipinski definition) is 2. The van der Waals surface area contributed by atoms with E-state index in [0.29, 0.717) is 11.5 Å². The lowest BCUT2D eigenvalue weighted by molar-refractivity contribution is 0.102. The Labute approximate surface area is 129 Å². The van der Waals surface area contributed by atoms with Crippen LogP contribution in [0.15, 0.2) is 48.8 Å². The number of nitrogens with one attached hydrogen (secondary N) is 1. The van der Waals surface area contributed by atoms with Gasteiger partial charge in [0.25, 0.3) is 5.91 Å². The maximum Gasteiger partial charge on any atom is 0.257 e. The molecule has 0 aliphatic heterocycles. The van der Waals surface area contributed by atoms with Gasteiger partial charge >= 0.3 is 0 Å². The average molecular weight is 293 g/mol. The van der Waals surface area contributed by atoms with Crippen molar-refractivity contribution in [2.45, 2.75) is 26.7 Å². The second-order valence-corrected chi connectivity index (χ2v) is 5.80. The lowest BCUT2D eigenvalue weighted by Crippen LogP contribution is -2.12. The van der Waals surface area contributed by atoms with Crippen LogP contribution in [-0.4, -0.2) is 15.3 Å². The standard InChI is InChI=1S/C18H19N3O/c1-12(2)14-4-7-16(8-5-14)20-18(22)15-6-9-17-19-13(3)10-21(17)11-15/h4-12H,1-3H3,(H,20,22). The largest absolute Gasteiger partial charge is 0.322 e. The summed E-state index contributed by atoms with van der Waals surface area (Å²) in [5, 5.41) is 2.92. The van der Waals surface area contributed by atoms with Crippen LogP contribution in [0.25, 0.3) is 5.65 Å². The number of rotatable bonds is 3. The number of aryl methyl sites for hydroxylation is 1. The Kier molecular flexibility index (Phi) is 3.67. The Hall–Kier alpha value is -2.62. The third-order valence-corrected chi connectivity index (χ3v) is 3.67. The molecule has 3 rings (SSSR count). The first-order valence-corrected chi connectivity index (χ1v) is 7.39. The van der Waals surface area contributed by atoms with E-state index in [4.69, 9.17) is 0 Å². The summed E-state index contributed by atoms with van der Waals surface area (Å²) in [6, 6.07) is 11.6. The summed E-state index contributed by atoms with van der Waals surface area (Å²) in [5.41, 5.74) is 4.44. The molecule has 4 nitrogen and oxygen atoms in total. The highest BCUT2D eigenvalue weighted by atomic mass is 16.1. The van der Waals surface area contributed by atoms with Crippen molar-refractivity contribution in [1.29, 1.82) is 0 Å². The Balaban J connectivity index is 1.80. The number of pyridine rings is 1. The van der Waals surface area contributed by atoms with E-state index >= 15 is 0 Å². The predicted octanol–water partition coefficient (Wildman–Crippen LogP) is 4.02. The summed E-state index contributed by atoms with van der Waals surface area (Å²) < 4.78 is 1.87. The summed E-state index contributed by atoms with van der Waals surface area (Å²) in [7, 11) is 0. The number of nitrogens with zero attached hydrogens (tertiary/aromatic N) is 2. The molecule has 0 fully saturated rings. The number of carbonyl (C=O) groups excluding carboxylic acids is 1. The minimum absolute atomic E-state index is 0.120. The van der Waals surface area contributed by atoms with E-state index in [1.54, 1.807) is 12.3 Å². The smallest absolute Gasteiger partial charge is 0.257 e. The molecule has 0 bridgehead atoms. The van der Waals surface area contributed by atoms with Gasteiger partial charge in [-0.25, -0.2) is 4.98 Å². The molecule has 1 aromatic carbocycles. The van der Waals surface area contributed by atoms with Crippen LogP contribution in [0.2, 0.25) is 0 Å². The van der Waals surface area contributed by atoms with Gasteiger partial charge in [-0.3, -0.25) is 4.79 Å². The molecule has 112 valence electrons. The fraction of sp³-hybridized carbons (Fsp3) is 0.222. The Bertz CT molecular complexity index is 816. The van der Waals surface area contributed by atoms with Crippen LogP contribution in [0.4, 0.5) is 5.69 Å². The fourth-order valence-electron chi connectivity index (χ4n) is 2.41. The Morgan fingerprint density at radius 1 is 1.09 bits per heavy atom. The monoisotopic (exact) mass is 293 g/mol. The summed E-state index contributed by atoms with van der Waals surface area (Å²) in [5.74, 6) is 0.363. The molecule has 4 heteroatoms. The zero-order valence-corrected chi connectivity index (χ0v) is 13.0. The number of imidazole rings is 1. The molecule has 0 aliphatic rings. The highest BCUT2D eigenvalue weighted by molar-refractivity contribution is 6.04. The topological polar surface area (TPSA) is 46.4 Å². The predicted molar refractivity (Wildman–Crippen MR) is 88.4 cm³/mol. The van der Waals surface area contributed by atoms with E-state index in [1.807, 2.05) is 47.9 Å². The van der Waals surface area contributed by atoms with Crippen LogP contribution >= 0.6 is 0 Å². The highest BCUT2D eigenvalue weighted by Gasteiger charge is 2.08. The molecule has 2 aromatic heterocycles. The van der Waals surface area contributed by atoms with Crippen LogP contribution in [0, 0.1) is 6.92 Å². The maximum absolute atomic E-state index is 12.3. The SMILES string of the molecule is Cc1cn2cc(C(=O)Nc3ccc(C(C)C)cc3)ccc2n1. The molecule has 0 spiro atoms. The summed E-state index contributed by atoms with van der Waals surface area (Å²) in [6.07, 6.45) is 3.71. The first-order valence-electron chi connectivity index (χ1n) is 7.39. The van der Waals surface area contributed by atoms with Gasteiger partial charge in [-0.15, -0.1) is 0 Å². The van der Waals surface area contributed by atoms with Crippen LogP contribution in [-0.2, 0) is 0 Å². The van der Waals surface area contributed by atoms with Gasteiger partial charge < -0.3 is 9.72 Å². The van der Waals surface area contributed by atoms with Crippen molar-refractivity contribution < 1.29 is 4.79 Å². The number of fused-ring (bicyclic) bond motifs is 1. The minimum atomic E-state index is -0.120. The van der Waals surface area contributed by atoms with Crippen LogP contribution in [0.3, 0.4) is 0 Å². The second-order valence-electron chi connectivity index (χ2n) is 5.80.